The molecule has 0 aliphatic rings. The SMILES string of the molecule is Cc1c(NC(C)C)cc(Br)cc1C(=O)O. The smallest absolute Gasteiger partial charge is 0.336 e. The Morgan fingerprint density at radius 1 is 1.47 bits per heavy atom. The van der Waals surface area contributed by atoms with Crippen LogP contribution in [0.2, 0.25) is 0 Å². The van der Waals surface area contributed by atoms with E-state index in [1.807, 2.05) is 19.9 Å². The number of nitrogens with one attached hydrogen (secondary N) is 1. The number of hydrogen-bond acceptors (Lipinski definition) is 2. The average Bonchev–Trinajstić information content (AvgIpc) is 2.09. The quantitative estimate of drug-likeness (QED) is 0.887. The number of anilines is 1. The van der Waals surface area contributed by atoms with E-state index in [4.69, 9.17) is 5.11 Å². The molecule has 1 rings (SSSR count). The Bertz CT molecular complexity index is 388. The molecule has 3 nitrogen and oxygen atoms in total. The molecule has 0 unspecified atom stereocenters. The summed E-state index contributed by atoms with van der Waals surface area (Å²) in [4.78, 5) is 11.0. The van der Waals surface area contributed by atoms with E-state index in [9.17, 15) is 4.79 Å². The Hall–Kier alpha value is -1.03. The lowest BCUT2D eigenvalue weighted by atomic mass is 10.1. The van der Waals surface area contributed by atoms with Crippen LogP contribution in [0.1, 0.15) is 29.8 Å². The Kier molecular flexibility index (Phi) is 3.74. The second-order valence-corrected chi connectivity index (χ2v) is 4.65. The van der Waals surface area contributed by atoms with Crippen LogP contribution in [0.5, 0.6) is 0 Å². The number of hydrogen-bond donors (Lipinski definition) is 2. The van der Waals surface area contributed by atoms with Crippen LogP contribution in [-0.4, -0.2) is 17.1 Å². The van der Waals surface area contributed by atoms with Gasteiger partial charge in [-0.3, -0.25) is 0 Å². The van der Waals surface area contributed by atoms with Gasteiger partial charge in [0.15, 0.2) is 0 Å². The van der Waals surface area contributed by atoms with Gasteiger partial charge < -0.3 is 10.4 Å². The summed E-state index contributed by atoms with van der Waals surface area (Å²) < 4.78 is 0.772. The van der Waals surface area contributed by atoms with Crippen LogP contribution in [0.25, 0.3) is 0 Å². The Morgan fingerprint density at radius 3 is 2.53 bits per heavy atom. The van der Waals surface area contributed by atoms with Gasteiger partial charge in [0.2, 0.25) is 0 Å². The molecule has 0 fully saturated rings. The zero-order valence-corrected chi connectivity index (χ0v) is 10.6. The van der Waals surface area contributed by atoms with Gasteiger partial charge in [-0.2, -0.15) is 0 Å². The standard InChI is InChI=1S/C11H14BrNO2/c1-6(2)13-10-5-8(12)4-9(7(10)3)11(14)15/h4-6,13H,1-3H3,(H,14,15). The van der Waals surface area contributed by atoms with Crippen molar-refractivity contribution in [3.05, 3.63) is 27.7 Å². The van der Waals surface area contributed by atoms with Crippen molar-refractivity contribution in [1.29, 1.82) is 0 Å². The molecule has 1 aromatic rings. The maximum absolute atomic E-state index is 11.0. The number of aromatic carboxylic acids is 1. The summed E-state index contributed by atoms with van der Waals surface area (Å²) in [5, 5.41) is 12.2. The molecular formula is C11H14BrNO2. The lowest BCUT2D eigenvalue weighted by Crippen LogP contribution is -2.12. The van der Waals surface area contributed by atoms with E-state index in [1.54, 1.807) is 13.0 Å². The normalized spacial score (nSPS) is 10.5. The maximum atomic E-state index is 11.0. The third kappa shape index (κ3) is 2.96. The lowest BCUT2D eigenvalue weighted by molar-refractivity contribution is 0.0696. The fourth-order valence-corrected chi connectivity index (χ4v) is 1.82. The minimum Gasteiger partial charge on any atom is -0.478 e. The van der Waals surface area contributed by atoms with Gasteiger partial charge in [-0.15, -0.1) is 0 Å². The van der Waals surface area contributed by atoms with E-state index in [1.165, 1.54) is 0 Å². The van der Waals surface area contributed by atoms with Crippen LogP contribution in [0.3, 0.4) is 0 Å². The van der Waals surface area contributed by atoms with Crippen LogP contribution < -0.4 is 5.32 Å². The van der Waals surface area contributed by atoms with Gasteiger partial charge in [-0.05, 0) is 38.5 Å². The van der Waals surface area contributed by atoms with Crippen molar-refractivity contribution >= 4 is 27.6 Å². The molecule has 82 valence electrons. The molecule has 15 heavy (non-hydrogen) atoms. The first kappa shape index (κ1) is 12.0. The fourth-order valence-electron chi connectivity index (χ4n) is 1.36. The second-order valence-electron chi connectivity index (χ2n) is 3.73. The Morgan fingerprint density at radius 2 is 2.07 bits per heavy atom. The van der Waals surface area contributed by atoms with E-state index in [0.29, 0.717) is 5.56 Å². The molecule has 0 amide bonds. The molecule has 0 aliphatic heterocycles. The number of carboxylic acids is 1. The van der Waals surface area contributed by atoms with Crippen molar-refractivity contribution in [1.82, 2.24) is 0 Å². The lowest BCUT2D eigenvalue weighted by Gasteiger charge is -2.15. The molecule has 0 aromatic heterocycles. The van der Waals surface area contributed by atoms with Crippen molar-refractivity contribution in [2.24, 2.45) is 0 Å². The van der Waals surface area contributed by atoms with Crippen molar-refractivity contribution in [3.8, 4) is 0 Å². The largest absolute Gasteiger partial charge is 0.478 e. The molecule has 2 N–H and O–H groups in total. The highest BCUT2D eigenvalue weighted by molar-refractivity contribution is 9.10. The summed E-state index contributed by atoms with van der Waals surface area (Å²) in [7, 11) is 0. The highest BCUT2D eigenvalue weighted by atomic mass is 79.9. The van der Waals surface area contributed by atoms with Gasteiger partial charge in [0.05, 0.1) is 5.56 Å². The number of carbonyl (C=O) groups is 1. The monoisotopic (exact) mass is 271 g/mol. The summed E-state index contributed by atoms with van der Waals surface area (Å²) >= 11 is 3.30. The predicted molar refractivity (Wildman–Crippen MR) is 64.6 cm³/mol. The zero-order chi connectivity index (χ0) is 11.6. The summed E-state index contributed by atoms with van der Waals surface area (Å²) in [6.07, 6.45) is 0. The number of carboxylic acid groups (broad SMARTS) is 1. The molecule has 0 saturated carbocycles. The minimum atomic E-state index is -0.902. The third-order valence-corrected chi connectivity index (χ3v) is 2.50. The number of rotatable bonds is 3. The summed E-state index contributed by atoms with van der Waals surface area (Å²) in [6.45, 7) is 5.84. The van der Waals surface area contributed by atoms with Gasteiger partial charge in [0.1, 0.15) is 0 Å². The molecule has 1 aromatic carbocycles. The summed E-state index contributed by atoms with van der Waals surface area (Å²) in [5.41, 5.74) is 1.95. The molecule has 0 aliphatic carbocycles. The van der Waals surface area contributed by atoms with Gasteiger partial charge in [0.25, 0.3) is 0 Å². The molecule has 0 atom stereocenters. The Balaban J connectivity index is 3.22. The van der Waals surface area contributed by atoms with Gasteiger partial charge in [-0.25, -0.2) is 4.79 Å². The molecule has 0 saturated heterocycles. The van der Waals surface area contributed by atoms with Crippen molar-refractivity contribution in [2.75, 3.05) is 5.32 Å². The summed E-state index contributed by atoms with van der Waals surface area (Å²) in [5.74, 6) is -0.902. The maximum Gasteiger partial charge on any atom is 0.336 e. The average molecular weight is 272 g/mol. The Labute approximate surface area is 97.6 Å². The van der Waals surface area contributed by atoms with E-state index in [0.717, 1.165) is 15.7 Å². The first-order chi connectivity index (χ1) is 6.91. The van der Waals surface area contributed by atoms with Gasteiger partial charge >= 0.3 is 5.97 Å². The predicted octanol–water partition coefficient (Wildman–Crippen LogP) is 3.28. The van der Waals surface area contributed by atoms with Gasteiger partial charge in [0, 0.05) is 16.2 Å². The highest BCUT2D eigenvalue weighted by Crippen LogP contribution is 2.25. The van der Waals surface area contributed by atoms with Crippen LogP contribution >= 0.6 is 15.9 Å². The first-order valence-corrected chi connectivity index (χ1v) is 5.51. The molecule has 0 radical (unpaired) electrons. The molecular weight excluding hydrogens is 258 g/mol. The molecule has 0 spiro atoms. The van der Waals surface area contributed by atoms with Crippen LogP contribution in [0.15, 0.2) is 16.6 Å². The minimum absolute atomic E-state index is 0.277. The third-order valence-electron chi connectivity index (χ3n) is 2.05. The number of halogens is 1. The topological polar surface area (TPSA) is 49.3 Å². The van der Waals surface area contributed by atoms with Crippen LogP contribution in [0, 0.1) is 6.92 Å². The van der Waals surface area contributed by atoms with E-state index in [-0.39, 0.29) is 6.04 Å². The molecule has 4 heteroatoms. The van der Waals surface area contributed by atoms with E-state index in [2.05, 4.69) is 21.2 Å². The van der Waals surface area contributed by atoms with Crippen molar-refractivity contribution < 1.29 is 9.90 Å². The second kappa shape index (κ2) is 4.66. The van der Waals surface area contributed by atoms with Crippen LogP contribution in [-0.2, 0) is 0 Å². The molecule has 0 bridgehead atoms. The van der Waals surface area contributed by atoms with Gasteiger partial charge in [-0.1, -0.05) is 15.9 Å². The molecule has 0 heterocycles. The van der Waals surface area contributed by atoms with Crippen molar-refractivity contribution in [2.45, 2.75) is 26.8 Å². The number of benzene rings is 1. The highest BCUT2D eigenvalue weighted by Gasteiger charge is 2.12. The van der Waals surface area contributed by atoms with Crippen molar-refractivity contribution in [3.63, 3.8) is 0 Å². The summed E-state index contributed by atoms with van der Waals surface area (Å²) in [6, 6.07) is 3.78. The van der Waals surface area contributed by atoms with E-state index < -0.39 is 5.97 Å². The first-order valence-electron chi connectivity index (χ1n) is 4.71. The van der Waals surface area contributed by atoms with Crippen LogP contribution in [0.4, 0.5) is 5.69 Å². The van der Waals surface area contributed by atoms with E-state index >= 15 is 0 Å². The zero-order valence-electron chi connectivity index (χ0n) is 8.97. The fraction of sp³-hybridized carbons (Fsp3) is 0.364.